The maximum atomic E-state index is 12.2. The average Bonchev–Trinajstić information content (AvgIpc) is 2.94. The SMILES string of the molecule is COc1c(Br)cc(/C=C2\SC(c3ccccc3)=NC2=O)c(O)c1Br. The normalized spacial score (nSPS) is 15.7. The minimum atomic E-state index is -0.318. The van der Waals surface area contributed by atoms with Gasteiger partial charge in [-0.25, -0.2) is 4.99 Å². The van der Waals surface area contributed by atoms with Gasteiger partial charge in [0, 0.05) is 11.1 Å². The Morgan fingerprint density at radius 1 is 1.25 bits per heavy atom. The number of amides is 1. The number of aliphatic imine (C=N–C) groups is 1. The molecule has 3 rings (SSSR count). The summed E-state index contributed by atoms with van der Waals surface area (Å²) in [6.45, 7) is 0. The van der Waals surface area contributed by atoms with E-state index in [2.05, 4.69) is 36.9 Å². The van der Waals surface area contributed by atoms with Crippen molar-refractivity contribution >= 4 is 60.6 Å². The number of hydrogen-bond acceptors (Lipinski definition) is 4. The Hall–Kier alpha value is -1.57. The van der Waals surface area contributed by atoms with Crippen LogP contribution in [0.3, 0.4) is 0 Å². The quantitative estimate of drug-likeness (QED) is 0.645. The molecule has 2 aromatic rings. The predicted octanol–water partition coefficient (Wildman–Crippen LogP) is 4.99. The van der Waals surface area contributed by atoms with Gasteiger partial charge >= 0.3 is 0 Å². The zero-order chi connectivity index (χ0) is 17.3. The summed E-state index contributed by atoms with van der Waals surface area (Å²) in [4.78, 5) is 16.7. The zero-order valence-electron chi connectivity index (χ0n) is 12.4. The number of carbonyl (C=O) groups excluding carboxylic acids is 1. The predicted molar refractivity (Wildman–Crippen MR) is 104 cm³/mol. The number of methoxy groups -OCH3 is 1. The number of hydrogen-bond donors (Lipinski definition) is 1. The van der Waals surface area contributed by atoms with E-state index in [4.69, 9.17) is 4.74 Å². The molecule has 0 bridgehead atoms. The summed E-state index contributed by atoms with van der Waals surface area (Å²) >= 11 is 7.98. The van der Waals surface area contributed by atoms with Crippen molar-refractivity contribution in [2.75, 3.05) is 7.11 Å². The molecule has 0 aliphatic carbocycles. The van der Waals surface area contributed by atoms with Gasteiger partial charge in [-0.2, -0.15) is 0 Å². The summed E-state index contributed by atoms with van der Waals surface area (Å²) in [5, 5.41) is 11.0. The third-order valence-corrected chi connectivity index (χ3v) is 5.67. The van der Waals surface area contributed by atoms with Crippen LogP contribution in [0.2, 0.25) is 0 Å². The van der Waals surface area contributed by atoms with E-state index in [9.17, 15) is 9.90 Å². The molecule has 0 spiro atoms. The van der Waals surface area contributed by atoms with Crippen molar-refractivity contribution in [2.45, 2.75) is 0 Å². The highest BCUT2D eigenvalue weighted by Gasteiger charge is 2.24. The van der Waals surface area contributed by atoms with Gasteiger partial charge in [0.15, 0.2) is 5.75 Å². The first-order valence-corrected chi connectivity index (χ1v) is 9.24. The lowest BCUT2D eigenvalue weighted by Gasteiger charge is -2.10. The third kappa shape index (κ3) is 3.29. The van der Waals surface area contributed by atoms with Gasteiger partial charge in [0.05, 0.1) is 16.5 Å². The van der Waals surface area contributed by atoms with E-state index in [1.54, 1.807) is 12.1 Å². The van der Waals surface area contributed by atoms with E-state index in [0.29, 0.717) is 30.2 Å². The summed E-state index contributed by atoms with van der Waals surface area (Å²) in [5.74, 6) is 0.173. The first kappa shape index (κ1) is 17.3. The smallest absolute Gasteiger partial charge is 0.284 e. The lowest BCUT2D eigenvalue weighted by molar-refractivity contribution is -0.113. The van der Waals surface area contributed by atoms with Crippen molar-refractivity contribution in [2.24, 2.45) is 4.99 Å². The van der Waals surface area contributed by atoms with Crippen molar-refractivity contribution in [3.8, 4) is 11.5 Å². The fourth-order valence-corrected chi connectivity index (χ4v) is 4.55. The molecule has 0 fully saturated rings. The number of benzene rings is 2. The van der Waals surface area contributed by atoms with Crippen LogP contribution in [0.1, 0.15) is 11.1 Å². The summed E-state index contributed by atoms with van der Waals surface area (Å²) in [6, 6.07) is 11.2. The second-order valence-corrected chi connectivity index (χ2v) is 7.52. The zero-order valence-corrected chi connectivity index (χ0v) is 16.4. The number of phenolic OH excluding ortho intramolecular Hbond substituents is 1. The standard InChI is InChI=1S/C17H11Br2NO3S/c1-23-15-11(18)7-10(14(21)13(15)19)8-12-16(22)20-17(24-12)9-5-3-2-4-6-9/h2-8,21H,1H3/b12-8-. The number of nitrogens with zero attached hydrogens (tertiary/aromatic N) is 1. The molecule has 0 unspecified atom stereocenters. The fraction of sp³-hybridized carbons (Fsp3) is 0.0588. The molecule has 1 N–H and O–H groups in total. The number of ether oxygens (including phenoxy) is 1. The lowest BCUT2D eigenvalue weighted by Crippen LogP contribution is -1.91. The summed E-state index contributed by atoms with van der Waals surface area (Å²) in [6.07, 6.45) is 1.62. The van der Waals surface area contributed by atoms with Crippen LogP contribution in [-0.2, 0) is 4.79 Å². The number of aromatic hydroxyl groups is 1. The molecule has 122 valence electrons. The van der Waals surface area contributed by atoms with E-state index in [0.717, 1.165) is 5.56 Å². The highest BCUT2D eigenvalue weighted by Crippen LogP contribution is 2.43. The molecule has 7 heteroatoms. The van der Waals surface area contributed by atoms with E-state index in [1.165, 1.54) is 18.9 Å². The monoisotopic (exact) mass is 467 g/mol. The van der Waals surface area contributed by atoms with Crippen molar-refractivity contribution in [3.05, 3.63) is 61.4 Å². The van der Waals surface area contributed by atoms with E-state index in [1.807, 2.05) is 30.3 Å². The van der Waals surface area contributed by atoms with Crippen molar-refractivity contribution in [1.29, 1.82) is 0 Å². The molecule has 1 heterocycles. The first-order valence-electron chi connectivity index (χ1n) is 6.84. The van der Waals surface area contributed by atoms with Gasteiger partial charge in [-0.05, 0) is 44.0 Å². The molecule has 0 aromatic heterocycles. The molecule has 24 heavy (non-hydrogen) atoms. The van der Waals surface area contributed by atoms with Crippen LogP contribution in [0.5, 0.6) is 11.5 Å². The highest BCUT2D eigenvalue weighted by atomic mass is 79.9. The van der Waals surface area contributed by atoms with E-state index < -0.39 is 0 Å². The maximum Gasteiger partial charge on any atom is 0.284 e. The van der Waals surface area contributed by atoms with Gasteiger partial charge in [-0.15, -0.1) is 0 Å². The largest absolute Gasteiger partial charge is 0.506 e. The average molecular weight is 469 g/mol. The van der Waals surface area contributed by atoms with Gasteiger partial charge in [0.1, 0.15) is 15.3 Å². The Labute approximate surface area is 159 Å². The van der Waals surface area contributed by atoms with Crippen molar-refractivity contribution in [3.63, 3.8) is 0 Å². The van der Waals surface area contributed by atoms with Crippen molar-refractivity contribution < 1.29 is 14.6 Å². The van der Waals surface area contributed by atoms with E-state index in [-0.39, 0.29) is 11.7 Å². The molecule has 0 atom stereocenters. The van der Waals surface area contributed by atoms with Gasteiger partial charge < -0.3 is 9.84 Å². The first-order chi connectivity index (χ1) is 11.5. The van der Waals surface area contributed by atoms with Gasteiger partial charge in [-0.1, -0.05) is 42.1 Å². The topological polar surface area (TPSA) is 58.9 Å². The van der Waals surface area contributed by atoms with Crippen LogP contribution in [0.25, 0.3) is 6.08 Å². The van der Waals surface area contributed by atoms with Gasteiger partial charge in [0.2, 0.25) is 0 Å². The summed E-state index contributed by atoms with van der Waals surface area (Å²) < 4.78 is 6.30. The van der Waals surface area contributed by atoms with Gasteiger partial charge in [-0.3, -0.25) is 4.79 Å². The number of carbonyl (C=O) groups is 1. The Bertz CT molecular complexity index is 879. The number of thioether (sulfide) groups is 1. The van der Waals surface area contributed by atoms with Gasteiger partial charge in [0.25, 0.3) is 5.91 Å². The Kier molecular flexibility index (Phi) is 5.12. The van der Waals surface area contributed by atoms with E-state index >= 15 is 0 Å². The van der Waals surface area contributed by atoms with Crippen LogP contribution in [0, 0.1) is 0 Å². The lowest BCUT2D eigenvalue weighted by atomic mass is 10.1. The molecule has 1 amide bonds. The summed E-state index contributed by atoms with van der Waals surface area (Å²) in [7, 11) is 1.51. The minimum absolute atomic E-state index is 0.00381. The second-order valence-electron chi connectivity index (χ2n) is 4.84. The Morgan fingerprint density at radius 3 is 2.62 bits per heavy atom. The summed E-state index contributed by atoms with van der Waals surface area (Å²) in [5.41, 5.74) is 1.38. The Morgan fingerprint density at radius 2 is 1.96 bits per heavy atom. The second kappa shape index (κ2) is 7.13. The maximum absolute atomic E-state index is 12.2. The molecular weight excluding hydrogens is 458 g/mol. The van der Waals surface area contributed by atoms with Crippen LogP contribution < -0.4 is 4.74 Å². The molecular formula is C17H11Br2NO3S. The molecule has 4 nitrogen and oxygen atoms in total. The van der Waals surface area contributed by atoms with Crippen LogP contribution in [0.4, 0.5) is 0 Å². The molecule has 1 aliphatic heterocycles. The van der Waals surface area contributed by atoms with Crippen LogP contribution in [0.15, 0.2) is 55.2 Å². The van der Waals surface area contributed by atoms with Crippen LogP contribution in [-0.4, -0.2) is 23.2 Å². The molecule has 0 radical (unpaired) electrons. The Balaban J connectivity index is 1.96. The molecule has 2 aromatic carbocycles. The minimum Gasteiger partial charge on any atom is -0.506 e. The van der Waals surface area contributed by atoms with Crippen LogP contribution >= 0.6 is 43.6 Å². The fourth-order valence-electron chi connectivity index (χ4n) is 2.16. The molecule has 0 saturated heterocycles. The third-order valence-electron chi connectivity index (χ3n) is 3.31. The van der Waals surface area contributed by atoms with Crippen molar-refractivity contribution in [1.82, 2.24) is 0 Å². The molecule has 0 saturated carbocycles. The number of phenols is 1. The number of rotatable bonds is 3. The molecule has 1 aliphatic rings. The number of halogens is 2. The highest BCUT2D eigenvalue weighted by molar-refractivity contribution is 9.11.